The normalized spacial score (nSPS) is 12.3. The van der Waals surface area contributed by atoms with Gasteiger partial charge in [-0.25, -0.2) is 0 Å². The maximum Gasteiger partial charge on any atom is 0.235 e. The fraction of sp³-hybridized carbons (Fsp3) is 0.250. The number of nitrogens with zero attached hydrogens (tertiary/aromatic N) is 3. The molecule has 0 atom stereocenters. The van der Waals surface area contributed by atoms with Crippen molar-refractivity contribution >= 4 is 69.6 Å². The Kier molecular flexibility index (Phi) is 5.53. The Morgan fingerprint density at radius 3 is 1.82 bits per heavy atom. The highest BCUT2D eigenvalue weighted by atomic mass is 35.6. The highest BCUT2D eigenvalue weighted by Crippen LogP contribution is 2.49. The molecule has 0 aliphatic rings. The molecule has 0 unspecified atom stereocenters. The van der Waals surface area contributed by atoms with Crippen LogP contribution in [0.4, 0.5) is 0 Å². The molecule has 2 rings (SSSR count). The van der Waals surface area contributed by atoms with Crippen LogP contribution in [0.15, 0.2) is 24.3 Å². The van der Waals surface area contributed by atoms with Crippen LogP contribution in [0, 0.1) is 0 Å². The third kappa shape index (κ3) is 3.81. The summed E-state index contributed by atoms with van der Waals surface area (Å²) in [5.41, 5.74) is 0.721. The second-order valence-electron chi connectivity index (χ2n) is 4.06. The van der Waals surface area contributed by atoms with Crippen molar-refractivity contribution < 1.29 is 4.74 Å². The molecule has 1 heterocycles. The van der Waals surface area contributed by atoms with Crippen LogP contribution in [0.1, 0.15) is 11.4 Å². The molecule has 2 aromatic rings. The van der Waals surface area contributed by atoms with Crippen LogP contribution >= 0.6 is 69.6 Å². The second kappa shape index (κ2) is 6.71. The Labute approximate surface area is 156 Å². The zero-order chi connectivity index (χ0) is 16.5. The lowest BCUT2D eigenvalue weighted by Gasteiger charge is -2.21. The Bertz CT molecular complexity index is 651. The van der Waals surface area contributed by atoms with Gasteiger partial charge in [0.25, 0.3) is 0 Å². The fourth-order valence-corrected chi connectivity index (χ4v) is 2.62. The summed E-state index contributed by atoms with van der Waals surface area (Å²) in [4.78, 5) is 0. The Morgan fingerprint density at radius 2 is 1.36 bits per heavy atom. The first kappa shape index (κ1) is 18.1. The number of benzene rings is 1. The topological polar surface area (TPSA) is 47.9 Å². The van der Waals surface area contributed by atoms with Crippen molar-refractivity contribution in [1.29, 1.82) is 0 Å². The molecule has 10 heteroatoms. The van der Waals surface area contributed by atoms with Gasteiger partial charge in [0.1, 0.15) is 17.1 Å². The van der Waals surface area contributed by atoms with Crippen molar-refractivity contribution in [2.24, 2.45) is 0 Å². The molecule has 1 aromatic carbocycles. The third-order valence-electron chi connectivity index (χ3n) is 2.68. The molecular formula is C12H7Cl6N3O. The van der Waals surface area contributed by atoms with Crippen LogP contribution in [-0.4, -0.2) is 22.5 Å². The van der Waals surface area contributed by atoms with Gasteiger partial charge in [0.05, 0.1) is 7.11 Å². The number of aromatic nitrogens is 3. The van der Waals surface area contributed by atoms with Gasteiger partial charge in [-0.2, -0.15) is 0 Å². The molecule has 22 heavy (non-hydrogen) atoms. The van der Waals surface area contributed by atoms with Gasteiger partial charge in [0.2, 0.25) is 7.59 Å². The van der Waals surface area contributed by atoms with Gasteiger partial charge in [-0.1, -0.05) is 87.8 Å². The predicted octanol–water partition coefficient (Wildman–Crippen LogP) is 5.20. The summed E-state index contributed by atoms with van der Waals surface area (Å²) in [5.74, 6) is 0.475. The van der Waals surface area contributed by atoms with Gasteiger partial charge in [0.15, 0.2) is 0 Å². The van der Waals surface area contributed by atoms with E-state index in [9.17, 15) is 0 Å². The summed E-state index contributed by atoms with van der Waals surface area (Å²) in [5, 5.41) is 11.1. The lowest BCUT2D eigenvalue weighted by molar-refractivity contribution is 0.416. The molecule has 118 valence electrons. The minimum absolute atomic E-state index is 0.0154. The molecule has 0 amide bonds. The average Bonchev–Trinajstić information content (AvgIpc) is 2.44. The molecule has 0 saturated carbocycles. The molecule has 0 aliphatic carbocycles. The Morgan fingerprint density at radius 1 is 0.864 bits per heavy atom. The van der Waals surface area contributed by atoms with Crippen molar-refractivity contribution in [2.75, 3.05) is 7.11 Å². The van der Waals surface area contributed by atoms with Gasteiger partial charge in [-0.15, -0.1) is 10.2 Å². The first-order valence-electron chi connectivity index (χ1n) is 5.67. The highest BCUT2D eigenvalue weighted by Gasteiger charge is 2.38. The molecule has 0 fully saturated rings. The number of hydrogen-bond acceptors (Lipinski definition) is 4. The van der Waals surface area contributed by atoms with Crippen LogP contribution in [0.3, 0.4) is 0 Å². The monoisotopic (exact) mass is 419 g/mol. The Balaban J connectivity index is 2.87. The largest absolute Gasteiger partial charge is 0.496 e. The number of ether oxygens (including phenoxy) is 1. The van der Waals surface area contributed by atoms with E-state index in [0.29, 0.717) is 11.3 Å². The maximum absolute atomic E-state index is 5.96. The van der Waals surface area contributed by atoms with Crippen molar-refractivity contribution in [3.05, 3.63) is 35.7 Å². The quantitative estimate of drug-likeness (QED) is 0.625. The Hall–Kier alpha value is -0.230. The SMILES string of the molecule is COc1ccccc1-c1c(C(Cl)(Cl)Cl)nnnc1C(Cl)(Cl)Cl. The first-order valence-corrected chi connectivity index (χ1v) is 7.94. The van der Waals surface area contributed by atoms with E-state index in [1.54, 1.807) is 24.3 Å². The zero-order valence-electron chi connectivity index (χ0n) is 10.8. The van der Waals surface area contributed by atoms with Crippen molar-refractivity contribution in [3.63, 3.8) is 0 Å². The minimum atomic E-state index is -1.89. The van der Waals surface area contributed by atoms with Crippen molar-refractivity contribution in [3.8, 4) is 16.9 Å². The average molecular weight is 422 g/mol. The van der Waals surface area contributed by atoms with E-state index in [1.807, 2.05) is 0 Å². The van der Waals surface area contributed by atoms with E-state index in [2.05, 4.69) is 15.4 Å². The molecular weight excluding hydrogens is 415 g/mol. The van der Waals surface area contributed by atoms with Gasteiger partial charge in [-0.05, 0) is 11.3 Å². The fourth-order valence-electron chi connectivity index (χ4n) is 1.83. The smallest absolute Gasteiger partial charge is 0.235 e. The first-order chi connectivity index (χ1) is 10.2. The van der Waals surface area contributed by atoms with Crippen molar-refractivity contribution in [1.82, 2.24) is 15.4 Å². The lowest BCUT2D eigenvalue weighted by Crippen LogP contribution is -2.17. The molecule has 1 aromatic heterocycles. The predicted molar refractivity (Wildman–Crippen MR) is 90.3 cm³/mol. The van der Waals surface area contributed by atoms with E-state index >= 15 is 0 Å². The summed E-state index contributed by atoms with van der Waals surface area (Å²) in [6, 6.07) is 6.94. The summed E-state index contributed by atoms with van der Waals surface area (Å²) >= 11 is 35.8. The van der Waals surface area contributed by atoms with E-state index in [1.165, 1.54) is 7.11 Å². The molecule has 0 radical (unpaired) electrons. The second-order valence-corrected chi connectivity index (χ2v) is 8.62. The zero-order valence-corrected chi connectivity index (χ0v) is 15.4. The highest BCUT2D eigenvalue weighted by molar-refractivity contribution is 6.68. The maximum atomic E-state index is 5.96. The third-order valence-corrected chi connectivity index (χ3v) is 3.75. The number of halogens is 6. The molecule has 0 N–H and O–H groups in total. The van der Waals surface area contributed by atoms with Gasteiger partial charge in [-0.3, -0.25) is 0 Å². The number of rotatable bonds is 2. The lowest BCUT2D eigenvalue weighted by atomic mass is 10.0. The molecule has 0 aliphatic heterocycles. The van der Waals surface area contributed by atoms with E-state index < -0.39 is 7.59 Å². The number of alkyl halides is 6. The van der Waals surface area contributed by atoms with Gasteiger partial charge >= 0.3 is 0 Å². The van der Waals surface area contributed by atoms with E-state index in [0.717, 1.165) is 0 Å². The summed E-state index contributed by atoms with van der Waals surface area (Å²) in [6.45, 7) is 0. The van der Waals surface area contributed by atoms with Crippen LogP contribution < -0.4 is 4.74 Å². The van der Waals surface area contributed by atoms with Crippen LogP contribution in [0.2, 0.25) is 0 Å². The van der Waals surface area contributed by atoms with Crippen LogP contribution in [0.5, 0.6) is 5.75 Å². The van der Waals surface area contributed by atoms with Crippen LogP contribution in [-0.2, 0) is 7.59 Å². The summed E-state index contributed by atoms with van der Waals surface area (Å²) in [7, 11) is 1.49. The number of para-hydroxylation sites is 1. The molecule has 4 nitrogen and oxygen atoms in total. The van der Waals surface area contributed by atoms with Gasteiger partial charge < -0.3 is 4.74 Å². The summed E-state index contributed by atoms with van der Waals surface area (Å²) in [6.07, 6.45) is 0. The standard InChI is InChI=1S/C12H7Cl6N3O/c1-22-7-5-3-2-4-6(7)8-9(11(13,14)15)19-21-20-10(8)12(16,17)18/h2-5H,1H3. The minimum Gasteiger partial charge on any atom is -0.496 e. The van der Waals surface area contributed by atoms with Crippen molar-refractivity contribution in [2.45, 2.75) is 7.59 Å². The van der Waals surface area contributed by atoms with Gasteiger partial charge in [0, 0.05) is 11.1 Å². The molecule has 0 bridgehead atoms. The molecule has 0 spiro atoms. The van der Waals surface area contributed by atoms with Crippen LogP contribution in [0.25, 0.3) is 11.1 Å². The number of methoxy groups -OCH3 is 1. The van der Waals surface area contributed by atoms with E-state index in [-0.39, 0.29) is 17.0 Å². The summed E-state index contributed by atoms with van der Waals surface area (Å²) < 4.78 is 1.52. The number of hydrogen-bond donors (Lipinski definition) is 0. The van der Waals surface area contributed by atoms with E-state index in [4.69, 9.17) is 74.3 Å². The molecule has 0 saturated heterocycles.